The van der Waals surface area contributed by atoms with Crippen molar-refractivity contribution in [3.05, 3.63) is 18.1 Å². The van der Waals surface area contributed by atoms with Crippen molar-refractivity contribution in [1.29, 1.82) is 0 Å². The number of rotatable bonds is 6. The molecule has 1 aromatic rings. The van der Waals surface area contributed by atoms with Crippen LogP contribution in [0.5, 0.6) is 0 Å². The molecule has 0 bridgehead atoms. The number of carbonyl (C=O) groups is 1. The monoisotopic (exact) mass is 304 g/mol. The third kappa shape index (κ3) is 4.18. The average Bonchev–Trinajstić information content (AvgIpc) is 2.54. The first-order valence-corrected chi connectivity index (χ1v) is 8.52. The minimum atomic E-state index is 0.0254. The molecule has 5 nitrogen and oxygen atoms in total. The summed E-state index contributed by atoms with van der Waals surface area (Å²) in [5.74, 6) is 1.59. The lowest BCUT2D eigenvalue weighted by Gasteiger charge is -2.32. The van der Waals surface area contributed by atoms with E-state index in [1.54, 1.807) is 0 Å². The molecular weight excluding hydrogens is 276 g/mol. The molecule has 0 aliphatic carbocycles. The summed E-state index contributed by atoms with van der Waals surface area (Å²) in [7, 11) is 0. The quantitative estimate of drug-likeness (QED) is 0.810. The molecule has 1 aromatic heterocycles. The molecule has 0 radical (unpaired) electrons. The van der Waals surface area contributed by atoms with E-state index in [4.69, 9.17) is 0 Å². The molecule has 1 fully saturated rings. The molecule has 1 saturated heterocycles. The molecule has 22 heavy (non-hydrogen) atoms. The summed E-state index contributed by atoms with van der Waals surface area (Å²) in [6.45, 7) is 10.1. The van der Waals surface area contributed by atoms with Gasteiger partial charge in [-0.15, -0.1) is 0 Å². The van der Waals surface area contributed by atoms with Crippen LogP contribution in [-0.2, 0) is 0 Å². The Hall–Kier alpha value is -1.65. The maximum atomic E-state index is 12.6. The molecule has 0 saturated carbocycles. The Morgan fingerprint density at radius 1 is 1.32 bits per heavy atom. The van der Waals surface area contributed by atoms with Crippen molar-refractivity contribution in [2.75, 3.05) is 31.1 Å². The van der Waals surface area contributed by atoms with E-state index in [1.807, 2.05) is 11.0 Å². The Morgan fingerprint density at radius 3 is 2.68 bits per heavy atom. The van der Waals surface area contributed by atoms with Crippen molar-refractivity contribution in [1.82, 2.24) is 14.9 Å². The highest BCUT2D eigenvalue weighted by Crippen LogP contribution is 2.21. The SMILES string of the molecule is CCCN(CCC)C(=O)c1cc(N2CCCC(C)C2)ncn1. The van der Waals surface area contributed by atoms with Crippen molar-refractivity contribution >= 4 is 11.7 Å². The summed E-state index contributed by atoms with van der Waals surface area (Å²) < 4.78 is 0. The van der Waals surface area contributed by atoms with Gasteiger partial charge in [-0.05, 0) is 31.6 Å². The standard InChI is InChI=1S/C17H28N4O/c1-4-8-20(9-5-2)17(22)15-11-16(19-13-18-15)21-10-6-7-14(3)12-21/h11,13-14H,4-10,12H2,1-3H3. The fourth-order valence-electron chi connectivity index (χ4n) is 3.05. The lowest BCUT2D eigenvalue weighted by Crippen LogP contribution is -2.36. The van der Waals surface area contributed by atoms with Crippen molar-refractivity contribution in [2.24, 2.45) is 5.92 Å². The fraction of sp³-hybridized carbons (Fsp3) is 0.706. The third-order valence-electron chi connectivity index (χ3n) is 4.13. The Morgan fingerprint density at radius 2 is 2.05 bits per heavy atom. The van der Waals surface area contributed by atoms with Crippen LogP contribution >= 0.6 is 0 Å². The second-order valence-corrected chi connectivity index (χ2v) is 6.25. The van der Waals surface area contributed by atoms with Gasteiger partial charge in [0, 0.05) is 32.2 Å². The second kappa shape index (κ2) is 8.11. The molecule has 1 atom stereocenters. The van der Waals surface area contributed by atoms with Gasteiger partial charge in [0.1, 0.15) is 17.8 Å². The number of hydrogen-bond acceptors (Lipinski definition) is 4. The van der Waals surface area contributed by atoms with Crippen molar-refractivity contribution in [3.63, 3.8) is 0 Å². The molecule has 1 amide bonds. The van der Waals surface area contributed by atoms with E-state index < -0.39 is 0 Å². The van der Waals surface area contributed by atoms with Gasteiger partial charge in [0.25, 0.3) is 5.91 Å². The van der Waals surface area contributed by atoms with Crippen LogP contribution in [0.2, 0.25) is 0 Å². The van der Waals surface area contributed by atoms with Gasteiger partial charge >= 0.3 is 0 Å². The highest BCUT2D eigenvalue weighted by molar-refractivity contribution is 5.92. The topological polar surface area (TPSA) is 49.3 Å². The Bertz CT molecular complexity index is 485. The van der Waals surface area contributed by atoms with Crippen LogP contribution in [0.4, 0.5) is 5.82 Å². The van der Waals surface area contributed by atoms with E-state index in [0.29, 0.717) is 11.6 Å². The summed E-state index contributed by atoms with van der Waals surface area (Å²) in [6.07, 6.45) is 5.92. The molecule has 0 aromatic carbocycles. The first-order valence-electron chi connectivity index (χ1n) is 8.52. The van der Waals surface area contributed by atoms with Gasteiger partial charge < -0.3 is 9.80 Å². The predicted molar refractivity (Wildman–Crippen MR) is 89.1 cm³/mol. The molecule has 1 aliphatic heterocycles. The largest absolute Gasteiger partial charge is 0.356 e. The van der Waals surface area contributed by atoms with Crippen LogP contribution in [0.25, 0.3) is 0 Å². The Balaban J connectivity index is 2.14. The van der Waals surface area contributed by atoms with Crippen LogP contribution < -0.4 is 4.90 Å². The normalized spacial score (nSPS) is 18.3. The van der Waals surface area contributed by atoms with E-state index in [2.05, 4.69) is 35.6 Å². The van der Waals surface area contributed by atoms with Crippen LogP contribution in [0.3, 0.4) is 0 Å². The zero-order valence-electron chi connectivity index (χ0n) is 14.1. The molecule has 0 spiro atoms. The number of hydrogen-bond donors (Lipinski definition) is 0. The highest BCUT2D eigenvalue weighted by atomic mass is 16.2. The number of amides is 1. The molecular formula is C17H28N4O. The lowest BCUT2D eigenvalue weighted by atomic mass is 10.0. The number of anilines is 1. The summed E-state index contributed by atoms with van der Waals surface area (Å²) in [5.41, 5.74) is 0.519. The molecule has 1 aliphatic rings. The van der Waals surface area contributed by atoms with Crippen LogP contribution in [-0.4, -0.2) is 47.0 Å². The first kappa shape index (κ1) is 16.7. The Labute approximate surface area is 133 Å². The smallest absolute Gasteiger partial charge is 0.272 e. The van der Waals surface area contributed by atoms with Crippen LogP contribution in [0.1, 0.15) is 56.9 Å². The lowest BCUT2D eigenvalue weighted by molar-refractivity contribution is 0.0749. The average molecular weight is 304 g/mol. The first-order chi connectivity index (χ1) is 10.7. The molecule has 2 rings (SSSR count). The molecule has 0 N–H and O–H groups in total. The molecule has 5 heteroatoms. The number of aromatic nitrogens is 2. The summed E-state index contributed by atoms with van der Waals surface area (Å²) >= 11 is 0. The van der Waals surface area contributed by atoms with Crippen molar-refractivity contribution in [3.8, 4) is 0 Å². The molecule has 122 valence electrons. The van der Waals surface area contributed by atoms with Gasteiger partial charge in [-0.1, -0.05) is 20.8 Å². The van der Waals surface area contributed by atoms with E-state index in [0.717, 1.165) is 44.8 Å². The number of carbonyl (C=O) groups excluding carboxylic acids is 1. The van der Waals surface area contributed by atoms with Crippen molar-refractivity contribution in [2.45, 2.75) is 46.5 Å². The number of nitrogens with zero attached hydrogens (tertiary/aromatic N) is 4. The van der Waals surface area contributed by atoms with Gasteiger partial charge in [0.05, 0.1) is 0 Å². The summed E-state index contributed by atoms with van der Waals surface area (Å²) in [6, 6.07) is 1.86. The fourth-order valence-corrected chi connectivity index (χ4v) is 3.05. The van der Waals surface area contributed by atoms with E-state index in [-0.39, 0.29) is 5.91 Å². The summed E-state index contributed by atoms with van der Waals surface area (Å²) in [4.78, 5) is 25.4. The molecule has 1 unspecified atom stereocenters. The van der Waals surface area contributed by atoms with Gasteiger partial charge in [-0.25, -0.2) is 9.97 Å². The predicted octanol–water partition coefficient (Wildman–Crippen LogP) is 2.98. The van der Waals surface area contributed by atoms with Crippen molar-refractivity contribution < 1.29 is 4.79 Å². The minimum Gasteiger partial charge on any atom is -0.356 e. The Kier molecular flexibility index (Phi) is 6.16. The van der Waals surface area contributed by atoms with Crippen LogP contribution in [0.15, 0.2) is 12.4 Å². The zero-order valence-corrected chi connectivity index (χ0v) is 14.1. The zero-order chi connectivity index (χ0) is 15.9. The van der Waals surface area contributed by atoms with E-state index in [9.17, 15) is 4.79 Å². The van der Waals surface area contributed by atoms with Gasteiger partial charge in [-0.2, -0.15) is 0 Å². The van der Waals surface area contributed by atoms with E-state index >= 15 is 0 Å². The second-order valence-electron chi connectivity index (χ2n) is 6.25. The molecule has 2 heterocycles. The van der Waals surface area contributed by atoms with Gasteiger partial charge in [0.15, 0.2) is 0 Å². The summed E-state index contributed by atoms with van der Waals surface area (Å²) in [5, 5.41) is 0. The van der Waals surface area contributed by atoms with Crippen LogP contribution in [0, 0.1) is 5.92 Å². The number of piperidine rings is 1. The van der Waals surface area contributed by atoms with E-state index in [1.165, 1.54) is 19.2 Å². The third-order valence-corrected chi connectivity index (χ3v) is 4.13. The van der Waals surface area contributed by atoms with Gasteiger partial charge in [-0.3, -0.25) is 4.79 Å². The van der Waals surface area contributed by atoms with Gasteiger partial charge in [0.2, 0.25) is 0 Å². The maximum absolute atomic E-state index is 12.6. The maximum Gasteiger partial charge on any atom is 0.272 e. The minimum absolute atomic E-state index is 0.0254. The highest BCUT2D eigenvalue weighted by Gasteiger charge is 2.21.